The van der Waals surface area contributed by atoms with Gasteiger partial charge in [-0.25, -0.2) is 0 Å². The fourth-order valence-electron chi connectivity index (χ4n) is 2.44. The fraction of sp³-hybridized carbons (Fsp3) is 0.688. The van der Waals surface area contributed by atoms with Crippen molar-refractivity contribution in [1.82, 2.24) is 10.3 Å². The Morgan fingerprint density at radius 1 is 1.11 bits per heavy atom. The molecule has 18 heavy (non-hydrogen) atoms. The lowest BCUT2D eigenvalue weighted by atomic mass is 9.82. The van der Waals surface area contributed by atoms with Crippen molar-refractivity contribution in [3.8, 4) is 0 Å². The highest BCUT2D eigenvalue weighted by atomic mass is 14.9. The molecule has 102 valence electrons. The van der Waals surface area contributed by atoms with Crippen LogP contribution in [0.4, 0.5) is 0 Å². The highest BCUT2D eigenvalue weighted by Crippen LogP contribution is 2.29. The van der Waals surface area contributed by atoms with Gasteiger partial charge in [-0.2, -0.15) is 0 Å². The molecule has 0 aliphatic carbocycles. The lowest BCUT2D eigenvalue weighted by Crippen LogP contribution is -2.40. The van der Waals surface area contributed by atoms with Gasteiger partial charge in [0.2, 0.25) is 0 Å². The molecule has 0 fully saturated rings. The monoisotopic (exact) mass is 248 g/mol. The van der Waals surface area contributed by atoms with Crippen LogP contribution in [-0.2, 0) is 0 Å². The molecule has 0 saturated heterocycles. The predicted molar refractivity (Wildman–Crippen MR) is 78.8 cm³/mol. The Hall–Kier alpha value is -0.890. The summed E-state index contributed by atoms with van der Waals surface area (Å²) in [7, 11) is 0. The van der Waals surface area contributed by atoms with Crippen LogP contribution in [-0.4, -0.2) is 17.1 Å². The zero-order valence-corrected chi connectivity index (χ0v) is 12.5. The van der Waals surface area contributed by atoms with E-state index in [2.05, 4.69) is 57.1 Å². The van der Waals surface area contributed by atoms with Crippen LogP contribution in [0.2, 0.25) is 0 Å². The fourth-order valence-corrected chi connectivity index (χ4v) is 2.44. The molecule has 1 atom stereocenters. The van der Waals surface area contributed by atoms with Crippen molar-refractivity contribution in [2.75, 3.05) is 6.54 Å². The first kappa shape index (κ1) is 15.2. The first-order valence-corrected chi connectivity index (χ1v) is 7.12. The van der Waals surface area contributed by atoms with E-state index in [1.165, 1.54) is 18.4 Å². The molecule has 2 heteroatoms. The number of hydrogen-bond acceptors (Lipinski definition) is 2. The van der Waals surface area contributed by atoms with Crippen LogP contribution in [0, 0.1) is 5.92 Å². The number of rotatable bonds is 6. The van der Waals surface area contributed by atoms with Crippen LogP contribution < -0.4 is 5.32 Å². The second kappa shape index (κ2) is 6.89. The smallest absolute Gasteiger partial charge is 0.0270 e. The zero-order chi connectivity index (χ0) is 13.6. The van der Waals surface area contributed by atoms with Gasteiger partial charge in [-0.05, 0) is 50.3 Å². The van der Waals surface area contributed by atoms with Crippen molar-refractivity contribution in [2.24, 2.45) is 5.92 Å². The van der Waals surface area contributed by atoms with Crippen molar-refractivity contribution in [3.63, 3.8) is 0 Å². The Labute approximate surface area is 112 Å². The Morgan fingerprint density at radius 2 is 1.67 bits per heavy atom. The average molecular weight is 248 g/mol. The minimum atomic E-state index is 0.178. The molecular weight excluding hydrogens is 220 g/mol. The van der Waals surface area contributed by atoms with Gasteiger partial charge in [0.05, 0.1) is 0 Å². The second-order valence-corrected chi connectivity index (χ2v) is 6.09. The molecule has 1 aromatic rings. The number of pyridine rings is 1. The number of nitrogens with one attached hydrogen (secondary N) is 1. The number of aromatic nitrogens is 1. The standard InChI is InChI=1S/C16H28N2/c1-6-13(7-2)15(12-18-16(3,4)5)14-8-10-17-11-9-14/h8-11,13,15,18H,6-7,12H2,1-5H3. The zero-order valence-electron chi connectivity index (χ0n) is 12.5. The molecule has 0 saturated carbocycles. The van der Waals surface area contributed by atoms with E-state index in [0.29, 0.717) is 5.92 Å². The summed E-state index contributed by atoms with van der Waals surface area (Å²) < 4.78 is 0. The maximum Gasteiger partial charge on any atom is 0.0270 e. The molecule has 0 aromatic carbocycles. The normalized spacial score (nSPS) is 13.9. The van der Waals surface area contributed by atoms with Gasteiger partial charge in [-0.1, -0.05) is 26.7 Å². The third kappa shape index (κ3) is 4.77. The largest absolute Gasteiger partial charge is 0.311 e. The van der Waals surface area contributed by atoms with Crippen molar-refractivity contribution >= 4 is 0 Å². The van der Waals surface area contributed by atoms with Crippen LogP contribution in [0.15, 0.2) is 24.5 Å². The maximum atomic E-state index is 4.13. The van der Waals surface area contributed by atoms with Crippen LogP contribution in [0.1, 0.15) is 58.9 Å². The predicted octanol–water partition coefficient (Wildman–Crippen LogP) is 3.99. The second-order valence-electron chi connectivity index (χ2n) is 6.09. The summed E-state index contributed by atoms with van der Waals surface area (Å²) in [5, 5.41) is 3.65. The van der Waals surface area contributed by atoms with Crippen molar-refractivity contribution in [2.45, 2.75) is 58.9 Å². The van der Waals surface area contributed by atoms with E-state index in [1.54, 1.807) is 0 Å². The molecule has 0 aliphatic rings. The molecule has 0 bridgehead atoms. The van der Waals surface area contributed by atoms with Gasteiger partial charge < -0.3 is 5.32 Å². The third-order valence-electron chi connectivity index (χ3n) is 3.60. The Bertz CT molecular complexity index is 323. The van der Waals surface area contributed by atoms with Crippen molar-refractivity contribution < 1.29 is 0 Å². The molecule has 0 spiro atoms. The van der Waals surface area contributed by atoms with Gasteiger partial charge in [-0.15, -0.1) is 0 Å². The Morgan fingerprint density at radius 3 is 2.11 bits per heavy atom. The van der Waals surface area contributed by atoms with Gasteiger partial charge in [0, 0.05) is 24.5 Å². The molecule has 1 N–H and O–H groups in total. The van der Waals surface area contributed by atoms with Gasteiger partial charge in [0.15, 0.2) is 0 Å². The summed E-state index contributed by atoms with van der Waals surface area (Å²) in [5.41, 5.74) is 1.59. The summed E-state index contributed by atoms with van der Waals surface area (Å²) in [6.45, 7) is 12.3. The van der Waals surface area contributed by atoms with E-state index in [1.807, 2.05) is 12.4 Å². The highest BCUT2D eigenvalue weighted by Gasteiger charge is 2.22. The first-order chi connectivity index (χ1) is 8.48. The van der Waals surface area contributed by atoms with Crippen molar-refractivity contribution in [1.29, 1.82) is 0 Å². The molecule has 0 aliphatic heterocycles. The summed E-state index contributed by atoms with van der Waals surface area (Å²) in [6.07, 6.45) is 6.27. The Kier molecular flexibility index (Phi) is 5.80. The van der Waals surface area contributed by atoms with Gasteiger partial charge >= 0.3 is 0 Å². The number of hydrogen-bond donors (Lipinski definition) is 1. The quantitative estimate of drug-likeness (QED) is 0.823. The highest BCUT2D eigenvalue weighted by molar-refractivity contribution is 5.17. The summed E-state index contributed by atoms with van der Waals surface area (Å²) in [5.74, 6) is 1.32. The van der Waals surface area contributed by atoms with E-state index < -0.39 is 0 Å². The van der Waals surface area contributed by atoms with E-state index in [4.69, 9.17) is 0 Å². The molecule has 0 radical (unpaired) electrons. The van der Waals surface area contributed by atoms with E-state index in [0.717, 1.165) is 12.5 Å². The van der Waals surface area contributed by atoms with E-state index in [-0.39, 0.29) is 5.54 Å². The van der Waals surface area contributed by atoms with Gasteiger partial charge in [-0.3, -0.25) is 4.98 Å². The molecule has 1 aromatic heterocycles. The topological polar surface area (TPSA) is 24.9 Å². The van der Waals surface area contributed by atoms with E-state index >= 15 is 0 Å². The molecule has 2 nitrogen and oxygen atoms in total. The van der Waals surface area contributed by atoms with Crippen LogP contribution in [0.25, 0.3) is 0 Å². The first-order valence-electron chi connectivity index (χ1n) is 7.12. The third-order valence-corrected chi connectivity index (χ3v) is 3.60. The summed E-state index contributed by atoms with van der Waals surface area (Å²) >= 11 is 0. The summed E-state index contributed by atoms with van der Waals surface area (Å²) in [6, 6.07) is 4.32. The van der Waals surface area contributed by atoms with Crippen LogP contribution >= 0.6 is 0 Å². The SMILES string of the molecule is CCC(CC)C(CNC(C)(C)C)c1ccncc1. The van der Waals surface area contributed by atoms with Gasteiger partial charge in [0.25, 0.3) is 0 Å². The lowest BCUT2D eigenvalue weighted by Gasteiger charge is -2.30. The molecular formula is C16H28N2. The molecule has 1 heterocycles. The Balaban J connectivity index is 2.82. The minimum absolute atomic E-state index is 0.178. The molecule has 1 unspecified atom stereocenters. The van der Waals surface area contributed by atoms with Crippen LogP contribution in [0.5, 0.6) is 0 Å². The molecule has 0 amide bonds. The van der Waals surface area contributed by atoms with Crippen molar-refractivity contribution in [3.05, 3.63) is 30.1 Å². The van der Waals surface area contributed by atoms with Crippen LogP contribution in [0.3, 0.4) is 0 Å². The van der Waals surface area contributed by atoms with E-state index in [9.17, 15) is 0 Å². The maximum absolute atomic E-state index is 4.13. The summed E-state index contributed by atoms with van der Waals surface area (Å²) in [4.78, 5) is 4.13. The number of nitrogens with zero attached hydrogens (tertiary/aromatic N) is 1. The lowest BCUT2D eigenvalue weighted by molar-refractivity contribution is 0.335. The molecule has 1 rings (SSSR count). The minimum Gasteiger partial charge on any atom is -0.311 e. The van der Waals surface area contributed by atoms with Gasteiger partial charge in [0.1, 0.15) is 0 Å². The average Bonchev–Trinajstić information content (AvgIpc) is 2.34.